The molecule has 0 aromatic heterocycles. The van der Waals surface area contributed by atoms with Crippen molar-refractivity contribution >= 4 is 9.28 Å². The lowest BCUT2D eigenvalue weighted by Crippen LogP contribution is -2.63. The van der Waals surface area contributed by atoms with E-state index in [4.69, 9.17) is 0 Å². The molecule has 0 bridgehead atoms. The zero-order chi connectivity index (χ0) is 12.6. The van der Waals surface area contributed by atoms with Gasteiger partial charge in [-0.3, -0.25) is 0 Å². The smallest absolute Gasteiger partial charge is 0.330 e. The van der Waals surface area contributed by atoms with Gasteiger partial charge in [0.2, 0.25) is 0 Å². The van der Waals surface area contributed by atoms with Crippen LogP contribution in [-0.4, -0.2) is 36.0 Å². The van der Waals surface area contributed by atoms with E-state index in [0.29, 0.717) is 0 Å². The maximum atomic E-state index is 3.69. The van der Waals surface area contributed by atoms with Crippen molar-refractivity contribution in [3.05, 3.63) is 12.4 Å². The van der Waals surface area contributed by atoms with Crippen molar-refractivity contribution in [2.75, 3.05) is 6.54 Å². The third-order valence-corrected chi connectivity index (χ3v) is 6.57. The lowest BCUT2D eigenvalue weighted by atomic mass is 10.1. The SMILES string of the molecule is CCN[SiH]1N(C(C)(C)C)C=CN1C(C)(C)C. The number of nitrogens with one attached hydrogen (secondary N) is 1. The molecule has 1 aliphatic rings. The molecule has 0 radical (unpaired) electrons. The molecule has 0 saturated carbocycles. The van der Waals surface area contributed by atoms with Crippen LogP contribution in [-0.2, 0) is 0 Å². The summed E-state index contributed by atoms with van der Waals surface area (Å²) in [6.07, 6.45) is 4.51. The first-order valence-corrected chi connectivity index (χ1v) is 7.77. The normalized spacial score (nSPS) is 18.7. The maximum Gasteiger partial charge on any atom is 0.330 e. The van der Waals surface area contributed by atoms with Gasteiger partial charge in [-0.1, -0.05) is 6.92 Å². The monoisotopic (exact) mass is 241 g/mol. The first-order chi connectivity index (χ1) is 7.18. The molecule has 1 aliphatic heterocycles. The highest BCUT2D eigenvalue weighted by molar-refractivity contribution is 6.51. The first-order valence-electron chi connectivity index (χ1n) is 6.16. The van der Waals surface area contributed by atoms with Gasteiger partial charge in [0.05, 0.1) is 0 Å². The Morgan fingerprint density at radius 2 is 1.31 bits per heavy atom. The van der Waals surface area contributed by atoms with E-state index >= 15 is 0 Å². The predicted octanol–water partition coefficient (Wildman–Crippen LogP) is 2.00. The fraction of sp³-hybridized carbons (Fsp3) is 0.833. The van der Waals surface area contributed by atoms with Gasteiger partial charge in [0, 0.05) is 23.5 Å². The van der Waals surface area contributed by atoms with Crippen molar-refractivity contribution in [1.29, 1.82) is 0 Å². The van der Waals surface area contributed by atoms with E-state index in [0.717, 1.165) is 6.54 Å². The van der Waals surface area contributed by atoms with E-state index in [2.05, 4.69) is 75.0 Å². The third-order valence-electron chi connectivity index (χ3n) is 2.85. The molecule has 4 heteroatoms. The Bertz CT molecular complexity index is 238. The summed E-state index contributed by atoms with van der Waals surface area (Å²) in [5.41, 5.74) is 0.408. The van der Waals surface area contributed by atoms with Crippen molar-refractivity contribution in [2.45, 2.75) is 59.5 Å². The zero-order valence-electron chi connectivity index (χ0n) is 11.8. The number of hydrogen-bond acceptors (Lipinski definition) is 3. The van der Waals surface area contributed by atoms with Crippen LogP contribution in [0, 0.1) is 0 Å². The quantitative estimate of drug-likeness (QED) is 0.746. The summed E-state index contributed by atoms with van der Waals surface area (Å²) in [6.45, 7) is 16.9. The Balaban J connectivity index is 2.90. The second kappa shape index (κ2) is 4.41. The second-order valence-corrected chi connectivity index (χ2v) is 8.65. The van der Waals surface area contributed by atoms with Gasteiger partial charge in [0.15, 0.2) is 0 Å². The van der Waals surface area contributed by atoms with E-state index in [-0.39, 0.29) is 11.1 Å². The molecule has 3 nitrogen and oxygen atoms in total. The maximum absolute atomic E-state index is 3.69. The fourth-order valence-corrected chi connectivity index (χ4v) is 4.97. The van der Waals surface area contributed by atoms with Gasteiger partial charge < -0.3 is 14.1 Å². The number of hydrogen-bond donors (Lipinski definition) is 1. The minimum atomic E-state index is -1.26. The molecule has 0 spiro atoms. The molecule has 0 amide bonds. The summed E-state index contributed by atoms with van der Waals surface area (Å²) in [7, 11) is -1.26. The molecule has 0 aromatic carbocycles. The lowest BCUT2D eigenvalue weighted by Gasteiger charge is -2.44. The van der Waals surface area contributed by atoms with E-state index in [1.807, 2.05) is 0 Å². The van der Waals surface area contributed by atoms with Crippen LogP contribution in [0.4, 0.5) is 0 Å². The summed E-state index contributed by atoms with van der Waals surface area (Å²) in [4.78, 5) is 3.69. The van der Waals surface area contributed by atoms with Crippen molar-refractivity contribution in [1.82, 2.24) is 14.1 Å². The molecule has 0 fully saturated rings. The van der Waals surface area contributed by atoms with Gasteiger partial charge in [0.1, 0.15) is 0 Å². The van der Waals surface area contributed by atoms with Crippen molar-refractivity contribution < 1.29 is 0 Å². The van der Waals surface area contributed by atoms with Gasteiger partial charge in [-0.25, -0.2) is 0 Å². The van der Waals surface area contributed by atoms with Crippen LogP contribution in [0.3, 0.4) is 0 Å². The minimum Gasteiger partial charge on any atom is -0.371 e. The van der Waals surface area contributed by atoms with Gasteiger partial charge in [0.25, 0.3) is 0 Å². The molecule has 0 aromatic rings. The average Bonchev–Trinajstić information content (AvgIpc) is 2.46. The van der Waals surface area contributed by atoms with Crippen LogP contribution in [0.5, 0.6) is 0 Å². The third kappa shape index (κ3) is 2.80. The van der Waals surface area contributed by atoms with Crippen molar-refractivity contribution in [3.63, 3.8) is 0 Å². The summed E-state index contributed by atoms with van der Waals surface area (Å²) in [5, 5.41) is 0. The topological polar surface area (TPSA) is 18.5 Å². The minimum absolute atomic E-state index is 0.204. The Morgan fingerprint density at radius 1 is 0.938 bits per heavy atom. The summed E-state index contributed by atoms with van der Waals surface area (Å²) >= 11 is 0. The van der Waals surface area contributed by atoms with Crippen molar-refractivity contribution in [2.24, 2.45) is 0 Å². The Kier molecular flexibility index (Phi) is 3.75. The highest BCUT2D eigenvalue weighted by Crippen LogP contribution is 2.27. The van der Waals surface area contributed by atoms with E-state index in [1.165, 1.54) is 0 Å². The Morgan fingerprint density at radius 3 is 1.56 bits per heavy atom. The molecule has 0 saturated heterocycles. The van der Waals surface area contributed by atoms with Gasteiger partial charge >= 0.3 is 9.28 Å². The second-order valence-electron chi connectivity index (χ2n) is 6.39. The van der Waals surface area contributed by atoms with Gasteiger partial charge in [-0.2, -0.15) is 0 Å². The average molecular weight is 241 g/mol. The van der Waals surface area contributed by atoms with Gasteiger partial charge in [-0.05, 0) is 48.1 Å². The summed E-state index contributed by atoms with van der Waals surface area (Å²) in [6, 6.07) is 0. The highest BCUT2D eigenvalue weighted by Gasteiger charge is 2.39. The molecule has 1 heterocycles. The molecule has 1 rings (SSSR count). The molecule has 0 atom stereocenters. The summed E-state index contributed by atoms with van der Waals surface area (Å²) < 4.78 is 5.03. The van der Waals surface area contributed by atoms with Crippen LogP contribution < -0.4 is 4.98 Å². The van der Waals surface area contributed by atoms with E-state index < -0.39 is 9.28 Å². The fourth-order valence-electron chi connectivity index (χ4n) is 2.00. The van der Waals surface area contributed by atoms with Crippen LogP contribution in [0.25, 0.3) is 0 Å². The van der Waals surface area contributed by atoms with Crippen LogP contribution in [0.1, 0.15) is 48.5 Å². The summed E-state index contributed by atoms with van der Waals surface area (Å²) in [5.74, 6) is 0. The largest absolute Gasteiger partial charge is 0.371 e. The molecule has 0 unspecified atom stereocenters. The Labute approximate surface area is 102 Å². The molecule has 16 heavy (non-hydrogen) atoms. The van der Waals surface area contributed by atoms with Crippen LogP contribution in [0.15, 0.2) is 12.4 Å². The zero-order valence-corrected chi connectivity index (χ0v) is 13.0. The first kappa shape index (κ1) is 13.6. The predicted molar refractivity (Wildman–Crippen MR) is 73.1 cm³/mol. The highest BCUT2D eigenvalue weighted by atomic mass is 28.3. The number of nitrogens with zero attached hydrogens (tertiary/aromatic N) is 2. The molecule has 1 N–H and O–H groups in total. The van der Waals surface area contributed by atoms with E-state index in [9.17, 15) is 0 Å². The molecular weight excluding hydrogens is 214 g/mol. The standard InChI is InChI=1S/C12H27N3Si/c1-8-13-16-14(11(2,3)4)9-10-15(16)12(5,6)7/h9-10,13,16H,8H2,1-7H3. The lowest BCUT2D eigenvalue weighted by molar-refractivity contribution is 0.273. The van der Waals surface area contributed by atoms with Crippen LogP contribution >= 0.6 is 0 Å². The molecule has 94 valence electrons. The van der Waals surface area contributed by atoms with Gasteiger partial charge in [-0.15, -0.1) is 0 Å². The number of rotatable bonds is 2. The molecule has 0 aliphatic carbocycles. The van der Waals surface area contributed by atoms with Crippen molar-refractivity contribution in [3.8, 4) is 0 Å². The van der Waals surface area contributed by atoms with Crippen LogP contribution in [0.2, 0.25) is 0 Å². The Hall–Kier alpha value is -0.483. The van der Waals surface area contributed by atoms with E-state index in [1.54, 1.807) is 0 Å². The molecular formula is C12H27N3Si.